The van der Waals surface area contributed by atoms with E-state index in [4.69, 9.17) is 4.74 Å². The fourth-order valence-electron chi connectivity index (χ4n) is 3.49. The number of fused-ring (bicyclic) bond motifs is 2. The van der Waals surface area contributed by atoms with Crippen LogP contribution in [0.1, 0.15) is 5.56 Å². The molecule has 0 N–H and O–H groups in total. The van der Waals surface area contributed by atoms with Gasteiger partial charge in [0.15, 0.2) is 5.43 Å². The number of piperazine rings is 1. The molecule has 0 radical (unpaired) electrons. The summed E-state index contributed by atoms with van der Waals surface area (Å²) in [5, 5.41) is 1.59. The number of ether oxygens (including phenoxy) is 1. The number of hydrogen-bond donors (Lipinski definition) is 0. The predicted molar refractivity (Wildman–Crippen MR) is 110 cm³/mol. The van der Waals surface area contributed by atoms with E-state index >= 15 is 0 Å². The van der Waals surface area contributed by atoms with Crippen molar-refractivity contribution in [1.82, 2.24) is 9.80 Å². The van der Waals surface area contributed by atoms with Crippen molar-refractivity contribution in [2.45, 2.75) is 6.92 Å². The Morgan fingerprint density at radius 1 is 1.04 bits per heavy atom. The van der Waals surface area contributed by atoms with Crippen molar-refractivity contribution in [3.63, 3.8) is 0 Å². The Morgan fingerprint density at radius 3 is 2.62 bits per heavy atom. The monoisotopic (exact) mass is 368 g/mol. The first kappa shape index (κ1) is 17.5. The molecule has 5 heteroatoms. The number of aryl methyl sites for hydroxylation is 1. The molecule has 1 saturated heterocycles. The molecule has 0 aliphatic carbocycles. The summed E-state index contributed by atoms with van der Waals surface area (Å²) in [7, 11) is 2.17. The highest BCUT2D eigenvalue weighted by atomic mass is 32.1. The zero-order chi connectivity index (χ0) is 18.1. The predicted octanol–water partition coefficient (Wildman–Crippen LogP) is 3.35. The molecule has 3 aromatic rings. The van der Waals surface area contributed by atoms with Crippen molar-refractivity contribution in [3.8, 4) is 5.75 Å². The van der Waals surface area contributed by atoms with Crippen LogP contribution >= 0.6 is 11.3 Å². The molecule has 0 atom stereocenters. The Labute approximate surface area is 157 Å². The van der Waals surface area contributed by atoms with Gasteiger partial charge in [-0.05, 0) is 38.2 Å². The van der Waals surface area contributed by atoms with Crippen molar-refractivity contribution in [2.75, 3.05) is 46.4 Å². The fourth-order valence-corrected chi connectivity index (χ4v) is 4.66. The molecular weight excluding hydrogens is 344 g/mol. The average Bonchev–Trinajstić information content (AvgIpc) is 2.66. The zero-order valence-corrected chi connectivity index (χ0v) is 16.1. The van der Waals surface area contributed by atoms with Gasteiger partial charge in [-0.25, -0.2) is 0 Å². The van der Waals surface area contributed by atoms with Crippen molar-refractivity contribution >= 4 is 31.5 Å². The Bertz CT molecular complexity index is 990. The second-order valence-electron chi connectivity index (χ2n) is 6.99. The molecule has 1 aliphatic heterocycles. The summed E-state index contributed by atoms with van der Waals surface area (Å²) in [6, 6.07) is 11.7. The molecule has 0 spiro atoms. The molecule has 136 valence electrons. The van der Waals surface area contributed by atoms with Gasteiger partial charge in [0.25, 0.3) is 0 Å². The van der Waals surface area contributed by atoms with E-state index in [1.807, 2.05) is 36.4 Å². The SMILES string of the molecule is Cc1c(OCCN2CCN(C)CC2)ccc2c(=O)c3ccccc3sc12. The lowest BCUT2D eigenvalue weighted by atomic mass is 10.1. The number of hydrogen-bond acceptors (Lipinski definition) is 5. The van der Waals surface area contributed by atoms with Gasteiger partial charge in [-0.3, -0.25) is 9.69 Å². The van der Waals surface area contributed by atoms with E-state index in [1.165, 1.54) is 0 Å². The summed E-state index contributed by atoms with van der Waals surface area (Å²) in [4.78, 5) is 17.6. The minimum absolute atomic E-state index is 0.112. The second-order valence-corrected chi connectivity index (χ2v) is 8.04. The van der Waals surface area contributed by atoms with E-state index in [0.717, 1.165) is 64.2 Å². The van der Waals surface area contributed by atoms with Gasteiger partial charge in [0.1, 0.15) is 12.4 Å². The van der Waals surface area contributed by atoms with Crippen LogP contribution in [0.3, 0.4) is 0 Å². The second kappa shape index (κ2) is 7.35. The first-order valence-electron chi connectivity index (χ1n) is 9.12. The lowest BCUT2D eigenvalue weighted by Gasteiger charge is -2.32. The molecule has 4 rings (SSSR count). The van der Waals surface area contributed by atoms with Crippen LogP contribution in [0.25, 0.3) is 20.2 Å². The highest BCUT2D eigenvalue weighted by molar-refractivity contribution is 7.24. The molecule has 26 heavy (non-hydrogen) atoms. The third-order valence-electron chi connectivity index (χ3n) is 5.21. The number of nitrogens with zero attached hydrogens (tertiary/aromatic N) is 2. The number of rotatable bonds is 4. The molecule has 2 heterocycles. The summed E-state index contributed by atoms with van der Waals surface area (Å²) in [5.74, 6) is 0.887. The van der Waals surface area contributed by atoms with E-state index in [9.17, 15) is 4.79 Å². The maximum absolute atomic E-state index is 12.8. The molecule has 4 nitrogen and oxygen atoms in total. The van der Waals surface area contributed by atoms with Gasteiger partial charge < -0.3 is 9.64 Å². The van der Waals surface area contributed by atoms with Crippen LogP contribution in [0.4, 0.5) is 0 Å². The highest BCUT2D eigenvalue weighted by Gasteiger charge is 2.14. The van der Waals surface area contributed by atoms with Crippen molar-refractivity contribution < 1.29 is 4.74 Å². The van der Waals surface area contributed by atoms with Crippen molar-refractivity contribution in [3.05, 3.63) is 52.2 Å². The molecule has 1 aromatic heterocycles. The van der Waals surface area contributed by atoms with Gasteiger partial charge in [0, 0.05) is 58.5 Å². The van der Waals surface area contributed by atoms with E-state index in [1.54, 1.807) is 11.3 Å². The van der Waals surface area contributed by atoms with Crippen LogP contribution in [0.2, 0.25) is 0 Å². The van der Waals surface area contributed by atoms with Crippen LogP contribution in [0.15, 0.2) is 41.2 Å². The lowest BCUT2D eigenvalue weighted by Crippen LogP contribution is -2.45. The molecular formula is C21H24N2O2S. The van der Waals surface area contributed by atoms with Crippen molar-refractivity contribution in [1.29, 1.82) is 0 Å². The molecule has 1 aliphatic rings. The summed E-state index contributed by atoms with van der Waals surface area (Å²) in [6.45, 7) is 8.12. The molecule has 0 unspecified atom stereocenters. The summed E-state index contributed by atoms with van der Waals surface area (Å²) in [5.41, 5.74) is 1.18. The van der Waals surface area contributed by atoms with Gasteiger partial charge in [-0.15, -0.1) is 11.3 Å². The Balaban J connectivity index is 1.55. The summed E-state index contributed by atoms with van der Waals surface area (Å²) < 4.78 is 8.14. The quantitative estimate of drug-likeness (QED) is 0.661. The number of likely N-dealkylation sites (N-methyl/N-ethyl adjacent to an activating group) is 1. The van der Waals surface area contributed by atoms with Crippen LogP contribution in [-0.2, 0) is 0 Å². The van der Waals surface area contributed by atoms with Gasteiger partial charge >= 0.3 is 0 Å². The van der Waals surface area contributed by atoms with E-state index in [2.05, 4.69) is 23.8 Å². The van der Waals surface area contributed by atoms with Gasteiger partial charge in [0.05, 0.1) is 0 Å². The minimum atomic E-state index is 0.112. The molecule has 1 fully saturated rings. The average molecular weight is 369 g/mol. The topological polar surface area (TPSA) is 32.8 Å². The zero-order valence-electron chi connectivity index (χ0n) is 15.3. The first-order chi connectivity index (χ1) is 12.6. The van der Waals surface area contributed by atoms with Crippen LogP contribution in [0.5, 0.6) is 5.75 Å². The van der Waals surface area contributed by atoms with E-state index in [0.29, 0.717) is 6.61 Å². The Hall–Kier alpha value is -1.95. The highest BCUT2D eigenvalue weighted by Crippen LogP contribution is 2.32. The lowest BCUT2D eigenvalue weighted by molar-refractivity contribution is 0.133. The maximum Gasteiger partial charge on any atom is 0.195 e. The van der Waals surface area contributed by atoms with E-state index < -0.39 is 0 Å². The largest absolute Gasteiger partial charge is 0.492 e. The smallest absolute Gasteiger partial charge is 0.195 e. The van der Waals surface area contributed by atoms with Crippen LogP contribution < -0.4 is 10.2 Å². The Kier molecular flexibility index (Phi) is 4.94. The number of benzene rings is 2. The third-order valence-corrected chi connectivity index (χ3v) is 6.51. The minimum Gasteiger partial charge on any atom is -0.492 e. The molecule has 0 bridgehead atoms. The summed E-state index contributed by atoms with van der Waals surface area (Å²) >= 11 is 1.67. The standard InChI is InChI=1S/C21H24N2O2S/c1-15-18(25-14-13-23-11-9-22(2)10-12-23)8-7-17-20(24)16-5-3-4-6-19(16)26-21(15)17/h3-8H,9-14H2,1-2H3. The van der Waals surface area contributed by atoms with Crippen LogP contribution in [0, 0.1) is 6.92 Å². The maximum atomic E-state index is 12.8. The normalized spacial score (nSPS) is 16.4. The van der Waals surface area contributed by atoms with E-state index in [-0.39, 0.29) is 5.43 Å². The third kappa shape index (κ3) is 3.34. The summed E-state index contributed by atoms with van der Waals surface area (Å²) in [6.07, 6.45) is 0. The van der Waals surface area contributed by atoms with Gasteiger partial charge in [-0.1, -0.05) is 12.1 Å². The fraction of sp³-hybridized carbons (Fsp3) is 0.381. The molecule has 2 aromatic carbocycles. The molecule has 0 saturated carbocycles. The van der Waals surface area contributed by atoms with Gasteiger partial charge in [-0.2, -0.15) is 0 Å². The molecule has 0 amide bonds. The van der Waals surface area contributed by atoms with Gasteiger partial charge in [0.2, 0.25) is 0 Å². The van der Waals surface area contributed by atoms with Crippen molar-refractivity contribution in [2.24, 2.45) is 0 Å². The van der Waals surface area contributed by atoms with Crippen LogP contribution in [-0.4, -0.2) is 56.2 Å². The Morgan fingerprint density at radius 2 is 1.81 bits per heavy atom. The first-order valence-corrected chi connectivity index (χ1v) is 9.94.